The molecule has 2 amide bonds. The van der Waals surface area contributed by atoms with Gasteiger partial charge in [-0.3, -0.25) is 9.59 Å². The van der Waals surface area contributed by atoms with Crippen LogP contribution in [0.4, 0.5) is 10.1 Å². The molecule has 1 aliphatic heterocycles. The van der Waals surface area contributed by atoms with E-state index in [1.807, 2.05) is 0 Å². The summed E-state index contributed by atoms with van der Waals surface area (Å²) < 4.78 is 19.2. The first-order valence-corrected chi connectivity index (χ1v) is 10.2. The highest BCUT2D eigenvalue weighted by atomic mass is 19.1. The van der Waals surface area contributed by atoms with Crippen molar-refractivity contribution in [2.75, 3.05) is 4.90 Å². The number of amides is 2. The predicted molar refractivity (Wildman–Crippen MR) is 105 cm³/mol. The van der Waals surface area contributed by atoms with Crippen LogP contribution < -0.4 is 9.64 Å². The summed E-state index contributed by atoms with van der Waals surface area (Å²) in [5.74, 6) is -0.921. The lowest BCUT2D eigenvalue weighted by atomic mass is 9.63. The van der Waals surface area contributed by atoms with E-state index in [4.69, 9.17) is 4.74 Å². The summed E-state index contributed by atoms with van der Waals surface area (Å²) in [6.45, 7) is 0. The molecule has 0 spiro atoms. The fraction of sp³-hybridized carbons (Fsp3) is 0.292. The van der Waals surface area contributed by atoms with Gasteiger partial charge in [0.25, 0.3) is 0 Å². The Balaban J connectivity index is 1.29. The molecule has 7 rings (SSSR count). The molecule has 5 nitrogen and oxygen atoms in total. The molecule has 0 unspecified atom stereocenters. The Bertz CT molecular complexity index is 1110. The van der Waals surface area contributed by atoms with Crippen LogP contribution in [-0.4, -0.2) is 17.8 Å². The number of carbonyl (C=O) groups is 3. The largest absolute Gasteiger partial charge is 0.423 e. The Kier molecular flexibility index (Phi) is 3.58. The molecule has 2 aromatic rings. The first-order chi connectivity index (χ1) is 14.5. The van der Waals surface area contributed by atoms with Gasteiger partial charge in [-0.2, -0.15) is 0 Å². The first kappa shape index (κ1) is 17.6. The molecule has 1 saturated heterocycles. The van der Waals surface area contributed by atoms with Gasteiger partial charge in [-0.25, -0.2) is 14.1 Å². The molecule has 2 saturated carbocycles. The summed E-state index contributed by atoms with van der Waals surface area (Å²) in [7, 11) is 0. The van der Waals surface area contributed by atoms with Crippen molar-refractivity contribution in [2.45, 2.75) is 6.42 Å². The Hall–Kier alpha value is -3.28. The maximum atomic E-state index is 13.9. The van der Waals surface area contributed by atoms with Gasteiger partial charge in [0, 0.05) is 6.07 Å². The zero-order chi connectivity index (χ0) is 20.6. The number of anilines is 1. The number of allylic oxidation sites excluding steroid dienone is 2. The fourth-order valence-electron chi connectivity index (χ4n) is 5.69. The van der Waals surface area contributed by atoms with Crippen molar-refractivity contribution in [3.8, 4) is 5.75 Å². The Morgan fingerprint density at radius 1 is 0.933 bits per heavy atom. The number of esters is 1. The number of hydrogen-bond donors (Lipinski definition) is 0. The molecule has 3 fully saturated rings. The average Bonchev–Trinajstić information content (AvgIpc) is 3.52. The molecule has 0 aromatic heterocycles. The van der Waals surface area contributed by atoms with Gasteiger partial charge in [0.2, 0.25) is 11.8 Å². The van der Waals surface area contributed by atoms with Crippen molar-refractivity contribution in [3.63, 3.8) is 0 Å². The highest BCUT2D eigenvalue weighted by Crippen LogP contribution is 2.65. The highest BCUT2D eigenvalue weighted by Gasteiger charge is 2.67. The summed E-state index contributed by atoms with van der Waals surface area (Å²) >= 11 is 0. The maximum absolute atomic E-state index is 13.9. The average molecular weight is 403 g/mol. The van der Waals surface area contributed by atoms with E-state index in [0.29, 0.717) is 17.5 Å². The van der Waals surface area contributed by atoms with Crippen molar-refractivity contribution in [2.24, 2.45) is 35.5 Å². The topological polar surface area (TPSA) is 63.7 Å². The molecule has 6 atom stereocenters. The number of rotatable bonds is 3. The first-order valence-electron chi connectivity index (χ1n) is 10.2. The molecule has 30 heavy (non-hydrogen) atoms. The minimum absolute atomic E-state index is 0.147. The third-order valence-corrected chi connectivity index (χ3v) is 7.04. The molecule has 5 aliphatic rings. The second-order valence-corrected chi connectivity index (χ2v) is 8.53. The molecular weight excluding hydrogens is 385 g/mol. The van der Waals surface area contributed by atoms with Crippen LogP contribution in [0.5, 0.6) is 5.75 Å². The normalized spacial score (nSPS) is 32.8. The smallest absolute Gasteiger partial charge is 0.346 e. The van der Waals surface area contributed by atoms with Gasteiger partial charge in [-0.1, -0.05) is 30.4 Å². The lowest BCUT2D eigenvalue weighted by molar-refractivity contribution is -0.124. The second-order valence-electron chi connectivity index (χ2n) is 8.53. The molecule has 0 radical (unpaired) electrons. The Morgan fingerprint density at radius 2 is 1.60 bits per heavy atom. The van der Waals surface area contributed by atoms with Crippen molar-refractivity contribution in [1.29, 1.82) is 0 Å². The summed E-state index contributed by atoms with van der Waals surface area (Å²) in [6.07, 6.45) is 5.36. The number of carbonyl (C=O) groups excluding carboxylic acids is 3. The number of benzene rings is 2. The number of hydrogen-bond acceptors (Lipinski definition) is 4. The predicted octanol–water partition coefficient (Wildman–Crippen LogP) is 3.60. The van der Waals surface area contributed by atoms with Crippen LogP contribution in [-0.2, 0) is 9.59 Å². The Morgan fingerprint density at radius 3 is 2.27 bits per heavy atom. The SMILES string of the molecule is O=C(Oc1cccc(N2C(=O)[C@@H]3[C@@H]4C=C[C@@H]([C@@H]5C[C@H]45)[C@@H]3C2=O)c1)c1ccccc1F. The standard InChI is InChI=1S/C24H18FNO4/c25-19-7-2-1-6-16(19)24(29)30-13-5-3-4-12(10-13)26-22(27)20-14-8-9-15(18-11-17(14)18)21(20)23(26)28/h1-10,14-15,17-18,20-21H,11H2/t14-,15+,17-,18+,20-,21+. The molecule has 1 heterocycles. The number of halogens is 1. The minimum Gasteiger partial charge on any atom is -0.423 e. The van der Waals surface area contributed by atoms with Crippen molar-refractivity contribution >= 4 is 23.5 Å². The molecule has 6 heteroatoms. The summed E-state index contributed by atoms with van der Waals surface area (Å²) in [5, 5.41) is 0. The van der Waals surface area contributed by atoms with Crippen molar-refractivity contribution < 1.29 is 23.5 Å². The van der Waals surface area contributed by atoms with Crippen LogP contribution in [0.25, 0.3) is 0 Å². The third kappa shape index (κ3) is 2.36. The second kappa shape index (κ2) is 6.11. The molecular formula is C24H18FNO4. The number of ether oxygens (including phenoxy) is 1. The van der Waals surface area contributed by atoms with Gasteiger partial charge in [0.15, 0.2) is 0 Å². The number of nitrogens with zero attached hydrogens (tertiary/aromatic N) is 1. The number of imide groups is 1. The van der Waals surface area contributed by atoms with Crippen LogP contribution in [0, 0.1) is 41.3 Å². The van der Waals surface area contributed by atoms with Gasteiger partial charge in [0.05, 0.1) is 23.1 Å². The lowest BCUT2D eigenvalue weighted by Gasteiger charge is -2.37. The lowest BCUT2D eigenvalue weighted by Crippen LogP contribution is -2.40. The van der Waals surface area contributed by atoms with E-state index >= 15 is 0 Å². The van der Waals surface area contributed by atoms with Crippen molar-refractivity contribution in [3.05, 3.63) is 72.1 Å². The molecule has 4 aliphatic carbocycles. The van der Waals surface area contributed by atoms with E-state index in [2.05, 4.69) is 12.2 Å². The summed E-state index contributed by atoms with van der Waals surface area (Å²) in [4.78, 5) is 40.0. The van der Waals surface area contributed by atoms with E-state index in [0.717, 1.165) is 6.42 Å². The highest BCUT2D eigenvalue weighted by molar-refractivity contribution is 6.22. The maximum Gasteiger partial charge on any atom is 0.346 e. The zero-order valence-electron chi connectivity index (χ0n) is 15.9. The van der Waals surface area contributed by atoms with Crippen molar-refractivity contribution in [1.82, 2.24) is 0 Å². The van der Waals surface area contributed by atoms with Gasteiger partial charge in [0.1, 0.15) is 11.6 Å². The van der Waals surface area contributed by atoms with Crippen LogP contribution in [0.1, 0.15) is 16.8 Å². The molecule has 2 aromatic carbocycles. The third-order valence-electron chi connectivity index (χ3n) is 7.04. The van der Waals surface area contributed by atoms with E-state index in [9.17, 15) is 18.8 Å². The van der Waals surface area contributed by atoms with E-state index in [1.165, 1.54) is 29.2 Å². The molecule has 150 valence electrons. The van der Waals surface area contributed by atoms with E-state index < -0.39 is 11.8 Å². The van der Waals surface area contributed by atoms with E-state index in [1.54, 1.807) is 24.3 Å². The van der Waals surface area contributed by atoms with Gasteiger partial charge in [-0.15, -0.1) is 0 Å². The van der Waals surface area contributed by atoms with Crippen LogP contribution in [0.3, 0.4) is 0 Å². The summed E-state index contributed by atoms with van der Waals surface area (Å²) in [6, 6.07) is 11.9. The van der Waals surface area contributed by atoms with E-state index in [-0.39, 0.29) is 46.8 Å². The van der Waals surface area contributed by atoms with Gasteiger partial charge in [-0.05, 0) is 54.4 Å². The van der Waals surface area contributed by atoms with Gasteiger partial charge >= 0.3 is 5.97 Å². The monoisotopic (exact) mass is 403 g/mol. The molecule has 0 N–H and O–H groups in total. The summed E-state index contributed by atoms with van der Waals surface area (Å²) in [5.41, 5.74) is 0.204. The minimum atomic E-state index is -0.833. The van der Waals surface area contributed by atoms with Crippen LogP contribution in [0.2, 0.25) is 0 Å². The quantitative estimate of drug-likeness (QED) is 0.340. The Labute approximate surface area is 172 Å². The molecule has 2 bridgehead atoms. The fourth-order valence-corrected chi connectivity index (χ4v) is 5.69. The zero-order valence-corrected chi connectivity index (χ0v) is 15.9. The van der Waals surface area contributed by atoms with Gasteiger partial charge < -0.3 is 4.74 Å². The van der Waals surface area contributed by atoms with Crippen LogP contribution in [0.15, 0.2) is 60.7 Å². The van der Waals surface area contributed by atoms with Crippen LogP contribution >= 0.6 is 0 Å².